The highest BCUT2D eigenvalue weighted by Crippen LogP contribution is 2.23. The van der Waals surface area contributed by atoms with Gasteiger partial charge in [0.1, 0.15) is 5.76 Å². The van der Waals surface area contributed by atoms with Gasteiger partial charge in [-0.1, -0.05) is 23.7 Å². The van der Waals surface area contributed by atoms with Gasteiger partial charge in [0.05, 0.1) is 6.20 Å². The van der Waals surface area contributed by atoms with E-state index in [2.05, 4.69) is 10.3 Å². The second-order valence-electron chi connectivity index (χ2n) is 5.01. The standard InChI is InChI=1S/C15H17ClN2O/c16-13-5-3-11(4-6-13)8-14-10-18-15(19-14)12-2-1-7-17-9-12/h3-6,10,12,17H,1-2,7-9H2/t12-/m1/s1. The number of benzene rings is 1. The number of piperidine rings is 1. The topological polar surface area (TPSA) is 38.1 Å². The molecule has 1 aliphatic rings. The molecule has 19 heavy (non-hydrogen) atoms. The molecule has 4 heteroatoms. The Balaban J connectivity index is 1.68. The van der Waals surface area contributed by atoms with Gasteiger partial charge in [-0.05, 0) is 37.1 Å². The van der Waals surface area contributed by atoms with Crippen molar-refractivity contribution in [1.29, 1.82) is 0 Å². The Kier molecular flexibility index (Phi) is 3.85. The van der Waals surface area contributed by atoms with Gasteiger partial charge in [0.15, 0.2) is 5.89 Å². The summed E-state index contributed by atoms with van der Waals surface area (Å²) >= 11 is 5.88. The maximum atomic E-state index is 5.88. The summed E-state index contributed by atoms with van der Waals surface area (Å²) in [6, 6.07) is 7.85. The lowest BCUT2D eigenvalue weighted by atomic mass is 10.00. The Labute approximate surface area is 118 Å². The molecule has 0 saturated carbocycles. The zero-order chi connectivity index (χ0) is 13.1. The van der Waals surface area contributed by atoms with Crippen LogP contribution >= 0.6 is 11.6 Å². The van der Waals surface area contributed by atoms with Gasteiger partial charge in [0.2, 0.25) is 0 Å². The highest BCUT2D eigenvalue weighted by atomic mass is 35.5. The molecule has 1 atom stereocenters. The van der Waals surface area contributed by atoms with E-state index in [-0.39, 0.29) is 0 Å². The van der Waals surface area contributed by atoms with Crippen molar-refractivity contribution in [2.45, 2.75) is 25.2 Å². The van der Waals surface area contributed by atoms with Crippen LogP contribution < -0.4 is 5.32 Å². The van der Waals surface area contributed by atoms with Gasteiger partial charge in [-0.25, -0.2) is 4.98 Å². The van der Waals surface area contributed by atoms with Crippen LogP contribution in [0.25, 0.3) is 0 Å². The van der Waals surface area contributed by atoms with Gasteiger partial charge in [0.25, 0.3) is 0 Å². The van der Waals surface area contributed by atoms with E-state index < -0.39 is 0 Å². The van der Waals surface area contributed by atoms with E-state index >= 15 is 0 Å². The molecule has 1 saturated heterocycles. The number of nitrogens with one attached hydrogen (secondary N) is 1. The van der Waals surface area contributed by atoms with Gasteiger partial charge in [-0.15, -0.1) is 0 Å². The fourth-order valence-corrected chi connectivity index (χ4v) is 2.59. The molecule has 1 aromatic heterocycles. The number of hydrogen-bond acceptors (Lipinski definition) is 3. The molecule has 2 heterocycles. The molecule has 1 aliphatic heterocycles. The molecule has 1 aromatic carbocycles. The van der Waals surface area contributed by atoms with Crippen LogP contribution in [-0.4, -0.2) is 18.1 Å². The number of aromatic nitrogens is 1. The van der Waals surface area contributed by atoms with Crippen molar-refractivity contribution >= 4 is 11.6 Å². The quantitative estimate of drug-likeness (QED) is 0.934. The average molecular weight is 277 g/mol. The first-order valence-corrected chi connectivity index (χ1v) is 7.09. The number of nitrogens with zero attached hydrogens (tertiary/aromatic N) is 1. The fraction of sp³-hybridized carbons (Fsp3) is 0.400. The smallest absolute Gasteiger partial charge is 0.198 e. The first-order chi connectivity index (χ1) is 9.31. The van der Waals surface area contributed by atoms with Crippen LogP contribution in [0.5, 0.6) is 0 Å². The Bertz CT molecular complexity index is 529. The molecular formula is C15H17ClN2O. The van der Waals surface area contributed by atoms with Crippen LogP contribution in [0.15, 0.2) is 34.9 Å². The second-order valence-corrected chi connectivity index (χ2v) is 5.45. The zero-order valence-electron chi connectivity index (χ0n) is 10.7. The first kappa shape index (κ1) is 12.7. The minimum atomic E-state index is 0.424. The van der Waals surface area contributed by atoms with Crippen molar-refractivity contribution < 1.29 is 4.42 Å². The summed E-state index contributed by atoms with van der Waals surface area (Å²) in [6.45, 7) is 2.08. The molecule has 100 valence electrons. The van der Waals surface area contributed by atoms with Crippen LogP contribution in [0.1, 0.15) is 36.0 Å². The minimum Gasteiger partial charge on any atom is -0.445 e. The highest BCUT2D eigenvalue weighted by molar-refractivity contribution is 6.30. The Morgan fingerprint density at radius 2 is 2.16 bits per heavy atom. The largest absolute Gasteiger partial charge is 0.445 e. The van der Waals surface area contributed by atoms with Gasteiger partial charge in [-0.2, -0.15) is 0 Å². The minimum absolute atomic E-state index is 0.424. The molecule has 3 nitrogen and oxygen atoms in total. The summed E-state index contributed by atoms with van der Waals surface area (Å²) in [7, 11) is 0. The summed E-state index contributed by atoms with van der Waals surface area (Å²) in [5.41, 5.74) is 1.19. The van der Waals surface area contributed by atoms with E-state index in [1.807, 2.05) is 30.5 Å². The lowest BCUT2D eigenvalue weighted by molar-refractivity contribution is 0.365. The van der Waals surface area contributed by atoms with Crippen molar-refractivity contribution in [3.8, 4) is 0 Å². The fourth-order valence-electron chi connectivity index (χ4n) is 2.46. The summed E-state index contributed by atoms with van der Waals surface area (Å²) < 4.78 is 5.87. The molecule has 0 unspecified atom stereocenters. The summed E-state index contributed by atoms with van der Waals surface area (Å²) in [4.78, 5) is 4.42. The maximum absolute atomic E-state index is 5.88. The molecule has 2 aromatic rings. The Morgan fingerprint density at radius 3 is 2.89 bits per heavy atom. The van der Waals surface area contributed by atoms with Gasteiger partial charge >= 0.3 is 0 Å². The third-order valence-corrected chi connectivity index (χ3v) is 3.76. The maximum Gasteiger partial charge on any atom is 0.198 e. The van der Waals surface area contributed by atoms with E-state index in [1.165, 1.54) is 12.0 Å². The molecule has 0 spiro atoms. The van der Waals surface area contributed by atoms with E-state index in [4.69, 9.17) is 16.0 Å². The summed E-state index contributed by atoms with van der Waals surface area (Å²) in [6.07, 6.45) is 4.97. The molecule has 1 fully saturated rings. The van der Waals surface area contributed by atoms with E-state index in [9.17, 15) is 0 Å². The predicted octanol–water partition coefficient (Wildman–Crippen LogP) is 3.39. The predicted molar refractivity (Wildman–Crippen MR) is 75.6 cm³/mol. The van der Waals surface area contributed by atoms with Crippen molar-refractivity contribution in [3.05, 3.63) is 52.7 Å². The second kappa shape index (κ2) is 5.76. The summed E-state index contributed by atoms with van der Waals surface area (Å²) in [5.74, 6) is 2.21. The lowest BCUT2D eigenvalue weighted by Crippen LogP contribution is -2.28. The van der Waals surface area contributed by atoms with Crippen LogP contribution in [0.2, 0.25) is 5.02 Å². The van der Waals surface area contributed by atoms with Crippen LogP contribution in [0.3, 0.4) is 0 Å². The molecule has 1 N–H and O–H groups in total. The number of hydrogen-bond donors (Lipinski definition) is 1. The normalized spacial score (nSPS) is 19.5. The molecule has 0 bridgehead atoms. The monoisotopic (exact) mass is 276 g/mol. The van der Waals surface area contributed by atoms with Crippen LogP contribution in [0, 0.1) is 0 Å². The molecule has 0 radical (unpaired) electrons. The van der Waals surface area contributed by atoms with E-state index in [1.54, 1.807) is 0 Å². The van der Waals surface area contributed by atoms with Crippen LogP contribution in [-0.2, 0) is 6.42 Å². The molecular weight excluding hydrogens is 260 g/mol. The number of halogens is 1. The number of rotatable bonds is 3. The zero-order valence-corrected chi connectivity index (χ0v) is 11.5. The Morgan fingerprint density at radius 1 is 1.32 bits per heavy atom. The van der Waals surface area contributed by atoms with Crippen molar-refractivity contribution in [3.63, 3.8) is 0 Å². The molecule has 0 amide bonds. The third kappa shape index (κ3) is 3.17. The molecule has 3 rings (SSSR count). The van der Waals surface area contributed by atoms with Gasteiger partial charge < -0.3 is 9.73 Å². The van der Waals surface area contributed by atoms with Gasteiger partial charge in [-0.3, -0.25) is 0 Å². The highest BCUT2D eigenvalue weighted by Gasteiger charge is 2.19. The van der Waals surface area contributed by atoms with E-state index in [0.717, 1.165) is 42.6 Å². The van der Waals surface area contributed by atoms with Gasteiger partial charge in [0, 0.05) is 23.9 Å². The number of oxazole rings is 1. The lowest BCUT2D eigenvalue weighted by Gasteiger charge is -2.19. The summed E-state index contributed by atoms with van der Waals surface area (Å²) in [5, 5.41) is 4.14. The average Bonchev–Trinajstić information content (AvgIpc) is 2.91. The third-order valence-electron chi connectivity index (χ3n) is 3.51. The molecule has 0 aliphatic carbocycles. The SMILES string of the molecule is Clc1ccc(Cc2cnc([C@@H]3CCCNC3)o2)cc1. The van der Waals surface area contributed by atoms with E-state index in [0.29, 0.717) is 5.92 Å². The van der Waals surface area contributed by atoms with Crippen molar-refractivity contribution in [2.24, 2.45) is 0 Å². The van der Waals surface area contributed by atoms with Crippen molar-refractivity contribution in [1.82, 2.24) is 10.3 Å². The van der Waals surface area contributed by atoms with Crippen molar-refractivity contribution in [2.75, 3.05) is 13.1 Å². The first-order valence-electron chi connectivity index (χ1n) is 6.71. The van der Waals surface area contributed by atoms with Crippen LogP contribution in [0.4, 0.5) is 0 Å². The Hall–Kier alpha value is -1.32.